The molecule has 0 radical (unpaired) electrons. The fourth-order valence-corrected chi connectivity index (χ4v) is 1.59. The molecule has 4 nitrogen and oxygen atoms in total. The molecule has 0 bridgehead atoms. The Bertz CT molecular complexity index is 316. The van der Waals surface area contributed by atoms with Gasteiger partial charge in [0.1, 0.15) is 0 Å². The molecule has 0 atom stereocenters. The number of nitrogens with one attached hydrogen (secondary N) is 1. The molecule has 0 amide bonds. The lowest BCUT2D eigenvalue weighted by Crippen LogP contribution is -2.41. The van der Waals surface area contributed by atoms with E-state index in [4.69, 9.17) is 4.74 Å². The van der Waals surface area contributed by atoms with Crippen molar-refractivity contribution in [1.29, 1.82) is 0 Å². The molecule has 90 valence electrons. The van der Waals surface area contributed by atoms with Gasteiger partial charge in [0.05, 0.1) is 19.3 Å². The van der Waals surface area contributed by atoms with Gasteiger partial charge in [-0.3, -0.25) is 0 Å². The second kappa shape index (κ2) is 5.70. The highest BCUT2D eigenvalue weighted by molar-refractivity contribution is 5.51. The first-order chi connectivity index (χ1) is 7.71. The van der Waals surface area contributed by atoms with E-state index in [2.05, 4.69) is 10.3 Å². The molecule has 1 aromatic rings. The average molecular weight is 224 g/mol. The van der Waals surface area contributed by atoms with E-state index in [0.29, 0.717) is 11.6 Å². The molecular weight excluding hydrogens is 204 g/mol. The van der Waals surface area contributed by atoms with Crippen molar-refractivity contribution in [1.82, 2.24) is 4.98 Å². The quantitative estimate of drug-likeness (QED) is 0.776. The molecule has 16 heavy (non-hydrogen) atoms. The van der Waals surface area contributed by atoms with E-state index in [1.165, 1.54) is 0 Å². The molecular formula is C12H20N2O2. The number of hydrogen-bond acceptors (Lipinski definition) is 4. The van der Waals surface area contributed by atoms with E-state index in [1.54, 1.807) is 13.3 Å². The topological polar surface area (TPSA) is 54.4 Å². The van der Waals surface area contributed by atoms with Gasteiger partial charge in [0.25, 0.3) is 0 Å². The molecule has 0 saturated heterocycles. The Hall–Kier alpha value is -1.29. The van der Waals surface area contributed by atoms with E-state index >= 15 is 0 Å². The highest BCUT2D eigenvalue weighted by Crippen LogP contribution is 2.27. The van der Waals surface area contributed by atoms with Gasteiger partial charge in [-0.1, -0.05) is 13.8 Å². The maximum absolute atomic E-state index is 9.47. The Morgan fingerprint density at radius 1 is 1.44 bits per heavy atom. The average Bonchev–Trinajstić information content (AvgIpc) is 2.36. The minimum Gasteiger partial charge on any atom is -0.493 e. The second-order valence-corrected chi connectivity index (χ2v) is 3.82. The third-order valence-electron chi connectivity index (χ3n) is 3.03. The number of aliphatic hydroxyl groups excluding tert-OH is 1. The van der Waals surface area contributed by atoms with Crippen LogP contribution in [0.3, 0.4) is 0 Å². The van der Waals surface area contributed by atoms with Gasteiger partial charge in [-0.25, -0.2) is 4.98 Å². The van der Waals surface area contributed by atoms with Crippen molar-refractivity contribution >= 4 is 5.82 Å². The van der Waals surface area contributed by atoms with Gasteiger partial charge in [-0.05, 0) is 25.0 Å². The smallest absolute Gasteiger partial charge is 0.169 e. The van der Waals surface area contributed by atoms with Gasteiger partial charge < -0.3 is 15.2 Å². The van der Waals surface area contributed by atoms with Crippen molar-refractivity contribution in [3.05, 3.63) is 18.3 Å². The summed E-state index contributed by atoms with van der Waals surface area (Å²) in [7, 11) is 1.61. The van der Waals surface area contributed by atoms with Crippen LogP contribution >= 0.6 is 0 Å². The number of aromatic nitrogens is 1. The lowest BCUT2D eigenvalue weighted by molar-refractivity contribution is 0.201. The van der Waals surface area contributed by atoms with Crippen LogP contribution in [0.4, 0.5) is 5.82 Å². The first kappa shape index (κ1) is 12.8. The van der Waals surface area contributed by atoms with Crippen LogP contribution in [-0.2, 0) is 0 Å². The van der Waals surface area contributed by atoms with Crippen molar-refractivity contribution in [2.75, 3.05) is 19.0 Å². The Labute approximate surface area is 96.7 Å². The zero-order valence-electron chi connectivity index (χ0n) is 10.2. The molecule has 4 heteroatoms. The van der Waals surface area contributed by atoms with Crippen LogP contribution in [0.2, 0.25) is 0 Å². The molecule has 0 fully saturated rings. The fraction of sp³-hybridized carbons (Fsp3) is 0.583. The van der Waals surface area contributed by atoms with Gasteiger partial charge in [-0.2, -0.15) is 0 Å². The number of pyridine rings is 1. The van der Waals surface area contributed by atoms with E-state index in [-0.39, 0.29) is 12.1 Å². The van der Waals surface area contributed by atoms with Gasteiger partial charge >= 0.3 is 0 Å². The van der Waals surface area contributed by atoms with Crippen LogP contribution in [-0.4, -0.2) is 29.3 Å². The zero-order valence-corrected chi connectivity index (χ0v) is 10.2. The van der Waals surface area contributed by atoms with Gasteiger partial charge in [-0.15, -0.1) is 0 Å². The monoisotopic (exact) mass is 224 g/mol. The molecule has 1 heterocycles. The molecule has 1 rings (SSSR count). The third kappa shape index (κ3) is 2.64. The van der Waals surface area contributed by atoms with Gasteiger partial charge in [0.15, 0.2) is 11.6 Å². The van der Waals surface area contributed by atoms with Crippen LogP contribution in [0.5, 0.6) is 5.75 Å². The SMILES string of the molecule is CCC(CC)(CO)Nc1ncccc1OC. The van der Waals surface area contributed by atoms with Crippen LogP contribution in [0.25, 0.3) is 0 Å². The molecule has 1 aromatic heterocycles. The van der Waals surface area contributed by atoms with Crippen LogP contribution < -0.4 is 10.1 Å². The standard InChI is InChI=1S/C12H20N2O2/c1-4-12(5-2,9-15)14-11-10(16-3)7-6-8-13-11/h6-8,15H,4-5,9H2,1-3H3,(H,13,14). The van der Waals surface area contributed by atoms with Crippen LogP contribution in [0.15, 0.2) is 18.3 Å². The van der Waals surface area contributed by atoms with Gasteiger partial charge in [0, 0.05) is 6.20 Å². The number of nitrogens with zero attached hydrogens (tertiary/aromatic N) is 1. The Morgan fingerprint density at radius 3 is 2.62 bits per heavy atom. The first-order valence-corrected chi connectivity index (χ1v) is 5.59. The number of anilines is 1. The summed E-state index contributed by atoms with van der Waals surface area (Å²) >= 11 is 0. The summed E-state index contributed by atoms with van der Waals surface area (Å²) in [5.41, 5.74) is -0.318. The maximum Gasteiger partial charge on any atom is 0.169 e. The minimum absolute atomic E-state index is 0.0831. The Balaban J connectivity index is 2.93. The molecule has 0 aliphatic heterocycles. The van der Waals surface area contributed by atoms with E-state index in [1.807, 2.05) is 26.0 Å². The molecule has 0 spiro atoms. The summed E-state index contributed by atoms with van der Waals surface area (Å²) in [4.78, 5) is 4.23. The largest absolute Gasteiger partial charge is 0.493 e. The predicted molar refractivity (Wildman–Crippen MR) is 64.8 cm³/mol. The lowest BCUT2D eigenvalue weighted by Gasteiger charge is -2.31. The lowest BCUT2D eigenvalue weighted by atomic mass is 9.94. The molecule has 0 saturated carbocycles. The summed E-state index contributed by atoms with van der Waals surface area (Å²) in [5, 5.41) is 12.7. The van der Waals surface area contributed by atoms with E-state index in [9.17, 15) is 5.11 Å². The Morgan fingerprint density at radius 2 is 2.12 bits per heavy atom. The fourth-order valence-electron chi connectivity index (χ4n) is 1.59. The number of rotatable bonds is 6. The number of methoxy groups -OCH3 is 1. The van der Waals surface area contributed by atoms with E-state index < -0.39 is 0 Å². The maximum atomic E-state index is 9.47. The predicted octanol–water partition coefficient (Wildman–Crippen LogP) is 2.05. The van der Waals surface area contributed by atoms with Crippen molar-refractivity contribution in [3.63, 3.8) is 0 Å². The van der Waals surface area contributed by atoms with Crippen molar-refractivity contribution in [3.8, 4) is 5.75 Å². The van der Waals surface area contributed by atoms with E-state index in [0.717, 1.165) is 12.8 Å². The second-order valence-electron chi connectivity index (χ2n) is 3.82. The molecule has 0 aliphatic rings. The molecule has 2 N–H and O–H groups in total. The van der Waals surface area contributed by atoms with Crippen LogP contribution in [0, 0.1) is 0 Å². The number of ether oxygens (including phenoxy) is 1. The normalized spacial score (nSPS) is 11.2. The highest BCUT2D eigenvalue weighted by Gasteiger charge is 2.26. The molecule has 0 aliphatic carbocycles. The third-order valence-corrected chi connectivity index (χ3v) is 3.03. The summed E-state index contributed by atoms with van der Waals surface area (Å²) in [5.74, 6) is 1.38. The Kier molecular flexibility index (Phi) is 4.55. The zero-order chi connectivity index (χ0) is 12.0. The molecule has 0 aromatic carbocycles. The summed E-state index contributed by atoms with van der Waals surface area (Å²) in [6.45, 7) is 4.17. The van der Waals surface area contributed by atoms with Crippen LogP contribution in [0.1, 0.15) is 26.7 Å². The van der Waals surface area contributed by atoms with Crippen molar-refractivity contribution in [2.45, 2.75) is 32.2 Å². The number of aliphatic hydroxyl groups is 1. The van der Waals surface area contributed by atoms with Crippen molar-refractivity contribution in [2.24, 2.45) is 0 Å². The first-order valence-electron chi connectivity index (χ1n) is 5.59. The summed E-state index contributed by atoms with van der Waals surface area (Å²) < 4.78 is 5.22. The summed E-state index contributed by atoms with van der Waals surface area (Å²) in [6.07, 6.45) is 3.37. The number of hydrogen-bond donors (Lipinski definition) is 2. The van der Waals surface area contributed by atoms with Gasteiger partial charge in [0.2, 0.25) is 0 Å². The highest BCUT2D eigenvalue weighted by atomic mass is 16.5. The molecule has 0 unspecified atom stereocenters. The van der Waals surface area contributed by atoms with Crippen molar-refractivity contribution < 1.29 is 9.84 Å². The minimum atomic E-state index is -0.318. The summed E-state index contributed by atoms with van der Waals surface area (Å²) in [6, 6.07) is 3.67.